The SMILES string of the molecule is CC(C)(C)OC(=O)CN1CCN(CC(=O)OC(C)(C)C)CCN(C(CCC(=O)On2c(O)ccc2O)C(=O)OC(C)(C)C)CC1. The second-order valence-electron chi connectivity index (χ2n) is 14.2. The third-order valence-electron chi connectivity index (χ3n) is 6.42. The molecule has 2 heterocycles. The molecule has 1 aliphatic heterocycles. The Hall–Kier alpha value is -3.36. The van der Waals surface area contributed by atoms with E-state index in [4.69, 9.17) is 19.0 Å². The Balaban J connectivity index is 2.30. The molecular weight excluding hydrogens is 588 g/mol. The normalized spacial score (nSPS) is 17.0. The molecule has 2 rings (SSSR count). The average molecular weight is 641 g/mol. The van der Waals surface area contributed by atoms with E-state index in [9.17, 15) is 29.4 Å². The summed E-state index contributed by atoms with van der Waals surface area (Å²) in [6, 6.07) is 1.46. The standard InChI is InChI=1S/C31H52N4O10/c1-29(2,3)42-26(39)20-32-14-15-33(21-27(40)43-30(4,5)6)17-19-34(18-16-32)22(28(41)44-31(7,8)9)10-13-25(38)45-35-23(36)11-12-24(35)37/h11-12,22,36-37H,10,13-21H2,1-9H3. The summed E-state index contributed by atoms with van der Waals surface area (Å²) in [4.78, 5) is 62.5. The van der Waals surface area contributed by atoms with Gasteiger partial charge in [-0.15, -0.1) is 4.73 Å². The molecule has 0 amide bonds. The lowest BCUT2D eigenvalue weighted by molar-refractivity contribution is -0.163. The monoisotopic (exact) mass is 640 g/mol. The van der Waals surface area contributed by atoms with Crippen molar-refractivity contribution in [2.24, 2.45) is 0 Å². The maximum absolute atomic E-state index is 13.5. The fraction of sp³-hybridized carbons (Fsp3) is 0.742. The number of aromatic hydroxyl groups is 2. The van der Waals surface area contributed by atoms with Gasteiger partial charge < -0.3 is 29.3 Å². The van der Waals surface area contributed by atoms with Crippen molar-refractivity contribution in [3.63, 3.8) is 0 Å². The molecule has 2 N–H and O–H groups in total. The van der Waals surface area contributed by atoms with Gasteiger partial charge >= 0.3 is 23.9 Å². The zero-order chi connectivity index (χ0) is 34.2. The van der Waals surface area contributed by atoms with E-state index in [2.05, 4.69) is 0 Å². The first-order chi connectivity index (χ1) is 20.6. The number of hydrogen-bond donors (Lipinski definition) is 2. The molecule has 14 nitrogen and oxygen atoms in total. The summed E-state index contributed by atoms with van der Waals surface area (Å²) in [6.07, 6.45) is -0.227. The number of carbonyl (C=O) groups excluding carboxylic acids is 4. The van der Waals surface area contributed by atoms with E-state index in [0.29, 0.717) is 44.0 Å². The summed E-state index contributed by atoms with van der Waals surface area (Å²) in [7, 11) is 0. The van der Waals surface area contributed by atoms with Crippen molar-refractivity contribution in [3.8, 4) is 11.8 Å². The van der Waals surface area contributed by atoms with Crippen LogP contribution in [0.5, 0.6) is 11.8 Å². The number of carbonyl (C=O) groups is 4. The molecule has 1 unspecified atom stereocenters. The molecule has 0 aromatic carbocycles. The molecule has 0 saturated carbocycles. The lowest BCUT2D eigenvalue weighted by Crippen LogP contribution is -2.49. The maximum Gasteiger partial charge on any atom is 0.333 e. The smallest absolute Gasteiger partial charge is 0.333 e. The molecule has 0 aliphatic carbocycles. The minimum absolute atomic E-state index is 0.00860. The van der Waals surface area contributed by atoms with Crippen molar-refractivity contribution in [1.82, 2.24) is 19.4 Å². The van der Waals surface area contributed by atoms with Crippen molar-refractivity contribution in [3.05, 3.63) is 12.1 Å². The third-order valence-corrected chi connectivity index (χ3v) is 6.42. The first-order valence-corrected chi connectivity index (χ1v) is 15.3. The van der Waals surface area contributed by atoms with Crippen LogP contribution in [0, 0.1) is 0 Å². The fourth-order valence-electron chi connectivity index (χ4n) is 4.62. The maximum atomic E-state index is 13.5. The highest BCUT2D eigenvalue weighted by Crippen LogP contribution is 2.21. The zero-order valence-electron chi connectivity index (χ0n) is 28.3. The van der Waals surface area contributed by atoms with Crippen LogP contribution in [0.2, 0.25) is 0 Å². The number of nitrogens with zero attached hydrogens (tertiary/aromatic N) is 4. The molecule has 0 bridgehead atoms. The van der Waals surface area contributed by atoms with Crippen molar-refractivity contribution < 1.29 is 48.4 Å². The molecule has 256 valence electrons. The highest BCUT2D eigenvalue weighted by molar-refractivity contribution is 5.78. The van der Waals surface area contributed by atoms with Crippen LogP contribution in [0.1, 0.15) is 75.2 Å². The van der Waals surface area contributed by atoms with E-state index >= 15 is 0 Å². The molecule has 1 saturated heterocycles. The van der Waals surface area contributed by atoms with Gasteiger partial charge in [0.15, 0.2) is 0 Å². The van der Waals surface area contributed by atoms with Gasteiger partial charge in [0, 0.05) is 51.4 Å². The van der Waals surface area contributed by atoms with Gasteiger partial charge in [-0.2, -0.15) is 0 Å². The van der Waals surface area contributed by atoms with Crippen LogP contribution in [0.4, 0.5) is 0 Å². The third kappa shape index (κ3) is 14.5. The molecule has 1 aromatic rings. The molecule has 1 aliphatic rings. The van der Waals surface area contributed by atoms with Crippen molar-refractivity contribution in [1.29, 1.82) is 0 Å². The summed E-state index contributed by atoms with van der Waals surface area (Å²) < 4.78 is 17.4. The van der Waals surface area contributed by atoms with Gasteiger partial charge in [0.25, 0.3) is 0 Å². The number of hydrogen-bond acceptors (Lipinski definition) is 13. The number of esters is 3. The Morgan fingerprint density at radius 3 is 1.47 bits per heavy atom. The van der Waals surface area contributed by atoms with Crippen LogP contribution in [-0.4, -0.2) is 129 Å². The van der Waals surface area contributed by atoms with Crippen molar-refractivity contribution in [2.75, 3.05) is 52.4 Å². The Bertz CT molecular complexity index is 1100. The lowest BCUT2D eigenvalue weighted by atomic mass is 10.1. The number of ether oxygens (including phenoxy) is 3. The predicted molar refractivity (Wildman–Crippen MR) is 164 cm³/mol. The quantitative estimate of drug-likeness (QED) is 0.282. The first-order valence-electron chi connectivity index (χ1n) is 15.3. The fourth-order valence-corrected chi connectivity index (χ4v) is 4.62. The van der Waals surface area contributed by atoms with Gasteiger partial charge in [0.2, 0.25) is 11.8 Å². The minimum Gasteiger partial charge on any atom is -0.492 e. The van der Waals surface area contributed by atoms with Gasteiger partial charge in [-0.3, -0.25) is 29.1 Å². The molecule has 1 aromatic heterocycles. The molecule has 1 fully saturated rings. The summed E-state index contributed by atoms with van der Waals surface area (Å²) in [5.41, 5.74) is -2.12. The molecule has 45 heavy (non-hydrogen) atoms. The highest BCUT2D eigenvalue weighted by Gasteiger charge is 2.33. The van der Waals surface area contributed by atoms with Gasteiger partial charge in [-0.1, -0.05) is 0 Å². The van der Waals surface area contributed by atoms with E-state index in [-0.39, 0.29) is 25.9 Å². The predicted octanol–water partition coefficient (Wildman–Crippen LogP) is 1.95. The van der Waals surface area contributed by atoms with Crippen LogP contribution in [-0.2, 0) is 33.4 Å². The average Bonchev–Trinajstić information content (AvgIpc) is 3.19. The van der Waals surface area contributed by atoms with Crippen molar-refractivity contribution in [2.45, 2.75) is 98.0 Å². The Kier molecular flexibility index (Phi) is 13.3. The molecule has 0 spiro atoms. The zero-order valence-corrected chi connectivity index (χ0v) is 28.3. The summed E-state index contributed by atoms with van der Waals surface area (Å²) in [5.74, 6) is -3.03. The Labute approximate surface area is 266 Å². The van der Waals surface area contributed by atoms with Crippen LogP contribution >= 0.6 is 0 Å². The first kappa shape index (κ1) is 37.8. The molecule has 0 radical (unpaired) electrons. The van der Waals surface area contributed by atoms with E-state index in [1.54, 1.807) is 62.3 Å². The van der Waals surface area contributed by atoms with Crippen LogP contribution < -0.4 is 4.84 Å². The topological polar surface area (TPSA) is 160 Å². The van der Waals surface area contributed by atoms with Gasteiger partial charge in [0.05, 0.1) is 19.5 Å². The Morgan fingerprint density at radius 2 is 1.07 bits per heavy atom. The van der Waals surface area contributed by atoms with Crippen LogP contribution in [0.25, 0.3) is 0 Å². The minimum atomic E-state index is -0.881. The second kappa shape index (κ2) is 15.8. The molecular formula is C31H52N4O10. The lowest BCUT2D eigenvalue weighted by Gasteiger charge is -2.33. The van der Waals surface area contributed by atoms with E-state index < -0.39 is 58.5 Å². The summed E-state index contributed by atoms with van der Waals surface area (Å²) >= 11 is 0. The number of aromatic nitrogens is 1. The van der Waals surface area contributed by atoms with Crippen LogP contribution in [0.15, 0.2) is 12.1 Å². The Morgan fingerprint density at radius 1 is 0.667 bits per heavy atom. The largest absolute Gasteiger partial charge is 0.492 e. The highest BCUT2D eigenvalue weighted by atomic mass is 16.7. The number of rotatable bonds is 10. The molecule has 14 heteroatoms. The van der Waals surface area contributed by atoms with Gasteiger partial charge in [0.1, 0.15) is 22.8 Å². The van der Waals surface area contributed by atoms with Gasteiger partial charge in [-0.05, 0) is 68.7 Å². The van der Waals surface area contributed by atoms with E-state index in [0.717, 1.165) is 0 Å². The van der Waals surface area contributed by atoms with Gasteiger partial charge in [-0.25, -0.2) is 4.79 Å². The molecule has 1 atom stereocenters. The second-order valence-corrected chi connectivity index (χ2v) is 14.2. The van der Waals surface area contributed by atoms with Crippen LogP contribution in [0.3, 0.4) is 0 Å². The summed E-state index contributed by atoms with van der Waals surface area (Å²) in [6.45, 7) is 18.5. The summed E-state index contributed by atoms with van der Waals surface area (Å²) in [5, 5.41) is 19.7. The van der Waals surface area contributed by atoms with E-state index in [1.807, 2.05) is 14.7 Å². The van der Waals surface area contributed by atoms with E-state index in [1.165, 1.54) is 12.1 Å². The van der Waals surface area contributed by atoms with Crippen molar-refractivity contribution >= 4 is 23.9 Å².